The number of aromatic nitrogens is 2. The van der Waals surface area contributed by atoms with Crippen LogP contribution >= 0.6 is 23.1 Å². The molecule has 2 atom stereocenters. The van der Waals surface area contributed by atoms with Gasteiger partial charge in [-0.05, 0) is 32.7 Å². The predicted molar refractivity (Wildman–Crippen MR) is 80.8 cm³/mol. The molecule has 110 valence electrons. The van der Waals surface area contributed by atoms with E-state index in [1.807, 2.05) is 0 Å². The van der Waals surface area contributed by atoms with Crippen molar-refractivity contribution >= 4 is 34.1 Å². The summed E-state index contributed by atoms with van der Waals surface area (Å²) in [6, 6.07) is 1.63. The van der Waals surface area contributed by atoms with Crippen molar-refractivity contribution in [1.29, 1.82) is 0 Å². The molecule has 20 heavy (non-hydrogen) atoms. The Labute approximate surface area is 126 Å². The molecule has 0 aliphatic carbocycles. The standard InChI is InChI=1S/C12H19N5OS2/c1-17-8-2-3-9(17)5-7(4-8)14-10(18)6-19-12-16-15-11(13)20-12/h7-9H,2-6H2,1H3,(H2,13,15)(H,14,18)/t8-,9-/m0/s1. The average Bonchev–Trinajstić information content (AvgIpc) is 2.89. The lowest BCUT2D eigenvalue weighted by Crippen LogP contribution is -2.49. The van der Waals surface area contributed by atoms with Crippen LogP contribution in [0.2, 0.25) is 0 Å². The highest BCUT2D eigenvalue weighted by Crippen LogP contribution is 2.34. The summed E-state index contributed by atoms with van der Waals surface area (Å²) in [6.45, 7) is 0. The Morgan fingerprint density at radius 1 is 1.45 bits per heavy atom. The molecular formula is C12H19N5OS2. The third-order valence-electron chi connectivity index (χ3n) is 4.21. The lowest BCUT2D eigenvalue weighted by molar-refractivity contribution is -0.119. The summed E-state index contributed by atoms with van der Waals surface area (Å²) in [7, 11) is 2.20. The molecule has 0 saturated carbocycles. The maximum atomic E-state index is 12.0. The van der Waals surface area contributed by atoms with E-state index in [9.17, 15) is 4.79 Å². The van der Waals surface area contributed by atoms with Crippen molar-refractivity contribution in [3.8, 4) is 0 Å². The molecule has 2 aliphatic heterocycles. The quantitative estimate of drug-likeness (QED) is 0.805. The Hall–Kier alpha value is -0.860. The first-order chi connectivity index (χ1) is 9.61. The van der Waals surface area contributed by atoms with Crippen LogP contribution in [0.3, 0.4) is 0 Å². The van der Waals surface area contributed by atoms with Crippen LogP contribution in [0, 0.1) is 0 Å². The number of carbonyl (C=O) groups excluding carboxylic acids is 1. The molecule has 6 nitrogen and oxygen atoms in total. The minimum atomic E-state index is 0.0812. The first kappa shape index (κ1) is 14.1. The number of nitrogen functional groups attached to an aromatic ring is 1. The minimum absolute atomic E-state index is 0.0812. The van der Waals surface area contributed by atoms with Gasteiger partial charge in [-0.3, -0.25) is 4.79 Å². The molecule has 2 bridgehead atoms. The molecule has 2 aliphatic rings. The van der Waals surface area contributed by atoms with Crippen LogP contribution in [0.4, 0.5) is 5.13 Å². The maximum absolute atomic E-state index is 12.0. The molecule has 3 heterocycles. The summed E-state index contributed by atoms with van der Waals surface area (Å²) in [5.41, 5.74) is 5.51. The third kappa shape index (κ3) is 3.07. The van der Waals surface area contributed by atoms with Gasteiger partial charge in [0, 0.05) is 18.1 Å². The fourth-order valence-corrected chi connectivity index (χ4v) is 4.65. The number of thioether (sulfide) groups is 1. The number of nitrogens with two attached hydrogens (primary N) is 1. The van der Waals surface area contributed by atoms with Crippen LogP contribution in [0.15, 0.2) is 4.34 Å². The molecule has 1 amide bonds. The van der Waals surface area contributed by atoms with Gasteiger partial charge in [0.05, 0.1) is 5.75 Å². The molecule has 8 heteroatoms. The number of fused-ring (bicyclic) bond motifs is 2. The fourth-order valence-electron chi connectivity index (χ4n) is 3.20. The zero-order valence-corrected chi connectivity index (χ0v) is 13.0. The van der Waals surface area contributed by atoms with Gasteiger partial charge in [-0.25, -0.2) is 0 Å². The highest BCUT2D eigenvalue weighted by atomic mass is 32.2. The fraction of sp³-hybridized carbons (Fsp3) is 0.750. The van der Waals surface area contributed by atoms with Crippen LogP contribution < -0.4 is 11.1 Å². The third-order valence-corrected chi connectivity index (χ3v) is 6.10. The van der Waals surface area contributed by atoms with Crippen molar-refractivity contribution in [2.24, 2.45) is 0 Å². The first-order valence-electron chi connectivity index (χ1n) is 6.85. The van der Waals surface area contributed by atoms with Crippen molar-refractivity contribution in [1.82, 2.24) is 20.4 Å². The number of hydrogen-bond donors (Lipinski definition) is 2. The Balaban J connectivity index is 1.45. The number of amides is 1. The number of hydrogen-bond acceptors (Lipinski definition) is 7. The lowest BCUT2D eigenvalue weighted by Gasteiger charge is -2.36. The molecular weight excluding hydrogens is 294 g/mol. The van der Waals surface area contributed by atoms with Crippen molar-refractivity contribution in [2.45, 2.75) is 48.1 Å². The monoisotopic (exact) mass is 313 g/mol. The van der Waals surface area contributed by atoms with Gasteiger partial charge in [0.15, 0.2) is 4.34 Å². The van der Waals surface area contributed by atoms with Gasteiger partial charge < -0.3 is 16.0 Å². The smallest absolute Gasteiger partial charge is 0.230 e. The number of nitrogens with zero attached hydrogens (tertiary/aromatic N) is 3. The second kappa shape index (κ2) is 5.87. The van der Waals surface area contributed by atoms with E-state index in [4.69, 9.17) is 5.73 Å². The van der Waals surface area contributed by atoms with Crippen LogP contribution in [-0.2, 0) is 4.79 Å². The van der Waals surface area contributed by atoms with E-state index in [1.165, 1.54) is 35.9 Å². The van der Waals surface area contributed by atoms with E-state index in [1.54, 1.807) is 0 Å². The van der Waals surface area contributed by atoms with Gasteiger partial charge in [0.25, 0.3) is 0 Å². The van der Waals surface area contributed by atoms with E-state index in [0.717, 1.165) is 17.2 Å². The van der Waals surface area contributed by atoms with Gasteiger partial charge >= 0.3 is 0 Å². The summed E-state index contributed by atoms with van der Waals surface area (Å²) in [6.07, 6.45) is 4.70. The Morgan fingerprint density at radius 3 is 2.75 bits per heavy atom. The van der Waals surface area contributed by atoms with Crippen LogP contribution in [-0.4, -0.2) is 51.9 Å². The Kier molecular flexibility index (Phi) is 4.13. The van der Waals surface area contributed by atoms with Crippen molar-refractivity contribution in [3.63, 3.8) is 0 Å². The van der Waals surface area contributed by atoms with E-state index >= 15 is 0 Å². The second-order valence-corrected chi connectivity index (χ2v) is 7.71. The molecule has 2 saturated heterocycles. The number of carbonyl (C=O) groups is 1. The lowest BCUT2D eigenvalue weighted by atomic mass is 9.98. The summed E-state index contributed by atoms with van der Waals surface area (Å²) in [5, 5.41) is 11.2. The van der Waals surface area contributed by atoms with Gasteiger partial charge in [-0.1, -0.05) is 23.1 Å². The molecule has 0 spiro atoms. The van der Waals surface area contributed by atoms with Gasteiger partial charge in [0.1, 0.15) is 0 Å². The minimum Gasteiger partial charge on any atom is -0.374 e. The first-order valence-corrected chi connectivity index (χ1v) is 8.65. The molecule has 0 aromatic carbocycles. The number of piperidine rings is 1. The van der Waals surface area contributed by atoms with Gasteiger partial charge in [-0.2, -0.15) is 0 Å². The second-order valence-electron chi connectivity index (χ2n) is 5.48. The number of rotatable bonds is 4. The van der Waals surface area contributed by atoms with E-state index in [2.05, 4.69) is 27.5 Å². The van der Waals surface area contributed by atoms with Gasteiger partial charge in [0.2, 0.25) is 11.0 Å². The highest BCUT2D eigenvalue weighted by Gasteiger charge is 2.38. The summed E-state index contributed by atoms with van der Waals surface area (Å²) in [4.78, 5) is 14.5. The zero-order valence-electron chi connectivity index (χ0n) is 11.4. The van der Waals surface area contributed by atoms with E-state index < -0.39 is 0 Å². The molecule has 3 rings (SSSR count). The van der Waals surface area contributed by atoms with Crippen molar-refractivity contribution in [3.05, 3.63) is 0 Å². The van der Waals surface area contributed by atoms with Gasteiger partial charge in [-0.15, -0.1) is 10.2 Å². The molecule has 1 aromatic rings. The normalized spacial score (nSPS) is 29.6. The number of anilines is 1. The van der Waals surface area contributed by atoms with Crippen molar-refractivity contribution < 1.29 is 4.79 Å². The summed E-state index contributed by atoms with van der Waals surface area (Å²) in [5.74, 6) is 0.466. The summed E-state index contributed by atoms with van der Waals surface area (Å²) >= 11 is 2.72. The SMILES string of the molecule is CN1[C@H]2CC[C@H]1CC(NC(=O)CSc1nnc(N)s1)C2. The van der Waals surface area contributed by atoms with E-state index in [-0.39, 0.29) is 5.91 Å². The molecule has 3 N–H and O–H groups in total. The van der Waals surface area contributed by atoms with Crippen LogP contribution in [0.5, 0.6) is 0 Å². The molecule has 2 fully saturated rings. The predicted octanol–water partition coefficient (Wildman–Crippen LogP) is 0.954. The Morgan fingerprint density at radius 2 is 2.15 bits per heavy atom. The van der Waals surface area contributed by atoms with E-state index in [0.29, 0.717) is 29.0 Å². The topological polar surface area (TPSA) is 84.1 Å². The maximum Gasteiger partial charge on any atom is 0.230 e. The molecule has 0 unspecified atom stereocenters. The van der Waals surface area contributed by atoms with Crippen LogP contribution in [0.1, 0.15) is 25.7 Å². The largest absolute Gasteiger partial charge is 0.374 e. The molecule has 1 aromatic heterocycles. The average molecular weight is 313 g/mol. The van der Waals surface area contributed by atoms with Crippen molar-refractivity contribution in [2.75, 3.05) is 18.5 Å². The zero-order chi connectivity index (χ0) is 14.1. The number of nitrogens with one attached hydrogen (secondary N) is 1. The summed E-state index contributed by atoms with van der Waals surface area (Å²) < 4.78 is 0.751. The Bertz CT molecular complexity index is 480. The highest BCUT2D eigenvalue weighted by molar-refractivity contribution is 8.01. The molecule has 0 radical (unpaired) electrons. The van der Waals surface area contributed by atoms with Crippen LogP contribution in [0.25, 0.3) is 0 Å².